The maximum Gasteiger partial charge on any atom is 0.410 e. The number of benzene rings is 3. The highest BCUT2D eigenvalue weighted by Crippen LogP contribution is 2.26. The van der Waals surface area contributed by atoms with Gasteiger partial charge in [-0.25, -0.2) is 19.2 Å². The van der Waals surface area contributed by atoms with Crippen molar-refractivity contribution in [2.45, 2.75) is 130 Å². The molecule has 5 aromatic rings. The van der Waals surface area contributed by atoms with Gasteiger partial charge in [0.05, 0.1) is 66.4 Å². The van der Waals surface area contributed by atoms with Crippen molar-refractivity contribution >= 4 is 70.4 Å². The Kier molecular flexibility index (Phi) is 27.9. The van der Waals surface area contributed by atoms with E-state index in [1.807, 2.05) is 51.1 Å². The number of alkyl carbamates (subject to hydrolysis) is 1. The van der Waals surface area contributed by atoms with E-state index in [1.54, 1.807) is 62.1 Å². The first-order valence-corrected chi connectivity index (χ1v) is 32.0. The number of nitrogens with two attached hydrogens (primary N) is 2. The van der Waals surface area contributed by atoms with Crippen LogP contribution < -0.4 is 53.2 Å². The van der Waals surface area contributed by atoms with E-state index in [2.05, 4.69) is 46.4 Å². The number of imide groups is 1. The lowest BCUT2D eigenvalue weighted by Crippen LogP contribution is -2.54. The van der Waals surface area contributed by atoms with Gasteiger partial charge in [0.25, 0.3) is 11.8 Å². The predicted octanol–water partition coefficient (Wildman–Crippen LogP) is 4.36. The van der Waals surface area contributed by atoms with E-state index in [1.165, 1.54) is 23.8 Å². The standard InChI is InChI=1S/C66H90N14O16/c1-8-94-62-75-57(67)56-58(76-62)80(63(87)74-56)40-47-18-15-46(36-51(47)90-7)39-78(38-44-13-11-43(12-14-44)37-77-27-23-49(24-28-77)71-64(88)96-66(4,5)6)65(89)95-41-45-16-19-48(20-17-45)70-59(84)50(10-9-26-69-61(68)86)72-60(85)55(42(2)3)73-52(81)25-30-91-32-34-93-35-33-92-31-29-79-53(82)21-22-54(79)83/h11-22,36,42,49-50,55H,8-10,23-35,37-41H2,1-7H3,(H,70,84)(H,71,88)(H,72,85)(H,73,81)(H,74,87)(H2,67,75,76)(H3,68,69,86)/t50-,55-/m0/s1. The number of nitrogens with zero attached hydrogens (tertiary/aromatic N) is 6. The molecule has 2 aromatic heterocycles. The number of methoxy groups -OCH3 is 1. The number of anilines is 2. The molecule has 96 heavy (non-hydrogen) atoms. The third-order valence-corrected chi connectivity index (χ3v) is 15.4. The van der Waals surface area contributed by atoms with E-state index in [0.717, 1.165) is 42.0 Å². The van der Waals surface area contributed by atoms with Crippen LogP contribution in [-0.4, -0.2) is 185 Å². The Balaban J connectivity index is 0.950. The molecule has 4 heterocycles. The number of hydrogen-bond acceptors (Lipinski definition) is 20. The van der Waals surface area contributed by atoms with E-state index < -0.39 is 59.3 Å². The largest absolute Gasteiger partial charge is 0.496 e. The van der Waals surface area contributed by atoms with Gasteiger partial charge in [-0.05, 0) is 99.7 Å². The number of nitrogens with one attached hydrogen (secondary N) is 6. The zero-order valence-electron chi connectivity index (χ0n) is 55.5. The van der Waals surface area contributed by atoms with Crippen molar-refractivity contribution in [2.24, 2.45) is 11.7 Å². The summed E-state index contributed by atoms with van der Waals surface area (Å²) in [6.45, 7) is 14.8. The molecule has 7 rings (SSSR count). The Hall–Kier alpha value is -9.65. The lowest BCUT2D eigenvalue weighted by Gasteiger charge is -2.32. The fourth-order valence-electron chi connectivity index (χ4n) is 10.4. The van der Waals surface area contributed by atoms with Crippen molar-refractivity contribution in [3.63, 3.8) is 0 Å². The minimum atomic E-state index is -1.11. The molecule has 2 aliphatic rings. The average molecular weight is 1340 g/mol. The second-order valence-electron chi connectivity index (χ2n) is 24.3. The molecule has 0 aliphatic carbocycles. The number of H-pyrrole nitrogens is 1. The number of carbonyl (C=O) groups is 8. The third-order valence-electron chi connectivity index (χ3n) is 15.4. The predicted molar refractivity (Wildman–Crippen MR) is 353 cm³/mol. The van der Waals surface area contributed by atoms with E-state index in [4.69, 9.17) is 44.6 Å². The molecule has 0 radical (unpaired) electrons. The molecular formula is C66H90N14O16. The number of rotatable bonds is 36. The van der Waals surface area contributed by atoms with Crippen LogP contribution in [0, 0.1) is 5.92 Å². The Bertz CT molecular complexity index is 3530. The molecule has 30 nitrogen and oxygen atoms in total. The van der Waals surface area contributed by atoms with Crippen molar-refractivity contribution in [1.82, 2.24) is 55.5 Å². The van der Waals surface area contributed by atoms with E-state index >= 15 is 0 Å². The minimum Gasteiger partial charge on any atom is -0.496 e. The summed E-state index contributed by atoms with van der Waals surface area (Å²) >= 11 is 0. The summed E-state index contributed by atoms with van der Waals surface area (Å²) in [6.07, 6.45) is 3.22. The number of hydrogen-bond donors (Lipinski definition) is 8. The SMILES string of the molecule is CCOc1nc(N)c2[nH]c(=O)n(Cc3ccc(CN(Cc4ccc(CN5CCC(NC(=O)OC(C)(C)C)CC5)cc4)C(=O)OCc4ccc(NC(=O)[C@H](CCCNC(N)=O)NC(=O)[C@@H](NC(=O)CCOCCOCCOCCN5C(=O)C=CC5=O)C(C)C)cc4)cc3OC)c2n1. The number of amides is 9. The summed E-state index contributed by atoms with van der Waals surface area (Å²) in [4.78, 5) is 132. The van der Waals surface area contributed by atoms with Crippen LogP contribution in [0.1, 0.15) is 101 Å². The lowest BCUT2D eigenvalue weighted by molar-refractivity contribution is -0.137. The van der Waals surface area contributed by atoms with Gasteiger partial charge in [0.15, 0.2) is 11.5 Å². The molecule has 1 fully saturated rings. The molecule has 30 heteroatoms. The summed E-state index contributed by atoms with van der Waals surface area (Å²) < 4.78 is 40.6. The Labute approximate surface area is 556 Å². The van der Waals surface area contributed by atoms with E-state index in [0.29, 0.717) is 34.7 Å². The summed E-state index contributed by atoms with van der Waals surface area (Å²) in [6, 6.07) is 17.2. The number of fused-ring (bicyclic) bond motifs is 1. The molecule has 10 N–H and O–H groups in total. The van der Waals surface area contributed by atoms with Crippen LogP contribution in [0.3, 0.4) is 0 Å². The van der Waals surface area contributed by atoms with Crippen LogP contribution in [-0.2, 0) is 80.4 Å². The normalized spacial score (nSPS) is 14.1. The van der Waals surface area contributed by atoms with Crippen LogP contribution in [0.4, 0.5) is 25.9 Å². The van der Waals surface area contributed by atoms with Crippen LogP contribution in [0.15, 0.2) is 83.7 Å². The van der Waals surface area contributed by atoms with Crippen LogP contribution >= 0.6 is 0 Å². The first-order chi connectivity index (χ1) is 45.9. The minimum absolute atomic E-state index is 0.0210. The zero-order chi connectivity index (χ0) is 69.3. The highest BCUT2D eigenvalue weighted by atomic mass is 16.6. The fraction of sp³-hybridized carbons (Fsp3) is 0.500. The van der Waals surface area contributed by atoms with E-state index in [-0.39, 0.29) is 152 Å². The highest BCUT2D eigenvalue weighted by Gasteiger charge is 2.30. The van der Waals surface area contributed by atoms with Crippen molar-refractivity contribution in [3.8, 4) is 11.8 Å². The number of primary amides is 1. The number of aromatic nitrogens is 4. The number of nitrogen functional groups attached to an aromatic ring is 1. The number of aromatic amines is 1. The fourth-order valence-corrected chi connectivity index (χ4v) is 10.4. The van der Waals surface area contributed by atoms with Gasteiger partial charge in [0, 0.05) is 75.1 Å². The number of ether oxygens (including phenoxy) is 7. The van der Waals surface area contributed by atoms with Gasteiger partial charge in [0.2, 0.25) is 17.7 Å². The van der Waals surface area contributed by atoms with Crippen molar-refractivity contribution in [3.05, 3.63) is 117 Å². The molecule has 0 spiro atoms. The van der Waals surface area contributed by atoms with Crippen molar-refractivity contribution < 1.29 is 71.5 Å². The van der Waals surface area contributed by atoms with Gasteiger partial charge < -0.3 is 76.2 Å². The highest BCUT2D eigenvalue weighted by molar-refractivity contribution is 6.12. The van der Waals surface area contributed by atoms with Gasteiger partial charge in [-0.2, -0.15) is 9.97 Å². The Morgan fingerprint density at radius 3 is 2.06 bits per heavy atom. The molecule has 0 saturated carbocycles. The first kappa shape index (κ1) is 73.8. The average Bonchev–Trinajstić information content (AvgIpc) is 1.63. The lowest BCUT2D eigenvalue weighted by atomic mass is 10.0. The maximum atomic E-state index is 14.3. The molecule has 2 atom stereocenters. The van der Waals surface area contributed by atoms with E-state index in [9.17, 15) is 43.2 Å². The summed E-state index contributed by atoms with van der Waals surface area (Å²) in [5.41, 5.74) is 15.1. The first-order valence-electron chi connectivity index (χ1n) is 32.0. The quantitative estimate of drug-likeness (QED) is 0.0204. The topological polar surface area (TPSA) is 387 Å². The summed E-state index contributed by atoms with van der Waals surface area (Å²) in [5, 5.41) is 13.8. The van der Waals surface area contributed by atoms with Gasteiger partial charge in [0.1, 0.15) is 35.6 Å². The second kappa shape index (κ2) is 36.3. The van der Waals surface area contributed by atoms with Crippen LogP contribution in [0.25, 0.3) is 11.2 Å². The molecular weight excluding hydrogens is 1240 g/mol. The van der Waals surface area contributed by atoms with Crippen LogP contribution in [0.5, 0.6) is 11.8 Å². The monoisotopic (exact) mass is 1330 g/mol. The van der Waals surface area contributed by atoms with Crippen molar-refractivity contribution in [2.75, 3.05) is 90.6 Å². The number of imidazole rings is 1. The number of piperidine rings is 1. The van der Waals surface area contributed by atoms with Gasteiger partial charge in [-0.15, -0.1) is 0 Å². The smallest absolute Gasteiger partial charge is 0.410 e. The number of carbonyl (C=O) groups excluding carboxylic acids is 8. The second-order valence-corrected chi connectivity index (χ2v) is 24.3. The summed E-state index contributed by atoms with van der Waals surface area (Å²) in [5.74, 6) is -2.28. The molecule has 3 aromatic carbocycles. The van der Waals surface area contributed by atoms with Gasteiger partial charge in [-0.1, -0.05) is 62.4 Å². The third kappa shape index (κ3) is 23.4. The number of likely N-dealkylation sites (tertiary alicyclic amines) is 1. The Morgan fingerprint density at radius 1 is 0.781 bits per heavy atom. The Morgan fingerprint density at radius 2 is 1.42 bits per heavy atom. The molecule has 2 aliphatic heterocycles. The molecule has 520 valence electrons. The van der Waals surface area contributed by atoms with Gasteiger partial charge >= 0.3 is 29.9 Å². The summed E-state index contributed by atoms with van der Waals surface area (Å²) in [7, 11) is 1.51. The van der Waals surface area contributed by atoms with Crippen LogP contribution in [0.2, 0.25) is 0 Å². The van der Waals surface area contributed by atoms with Gasteiger partial charge in [-0.3, -0.25) is 43.2 Å². The molecule has 9 amide bonds. The number of urea groups is 1. The molecule has 0 bridgehead atoms. The van der Waals surface area contributed by atoms with Crippen molar-refractivity contribution in [1.29, 1.82) is 0 Å². The maximum absolute atomic E-state index is 14.3. The molecule has 1 saturated heterocycles. The molecule has 0 unspecified atom stereocenters. The zero-order valence-corrected chi connectivity index (χ0v) is 55.5.